The van der Waals surface area contributed by atoms with E-state index in [2.05, 4.69) is 5.43 Å². The molecule has 0 saturated carbocycles. The molecular formula is C21H19ClFN3O5. The van der Waals surface area contributed by atoms with Gasteiger partial charge < -0.3 is 4.74 Å². The van der Waals surface area contributed by atoms with E-state index in [1.807, 2.05) is 0 Å². The van der Waals surface area contributed by atoms with Gasteiger partial charge in [0.05, 0.1) is 29.8 Å². The molecular weight excluding hydrogens is 429 g/mol. The summed E-state index contributed by atoms with van der Waals surface area (Å²) < 4.78 is 18.6. The van der Waals surface area contributed by atoms with Crippen LogP contribution in [0, 0.1) is 5.82 Å². The zero-order valence-electron chi connectivity index (χ0n) is 16.7. The number of rotatable bonds is 5. The van der Waals surface area contributed by atoms with Crippen LogP contribution < -0.4 is 15.1 Å². The van der Waals surface area contributed by atoms with Gasteiger partial charge in [-0.05, 0) is 30.3 Å². The van der Waals surface area contributed by atoms with E-state index in [1.165, 1.54) is 19.2 Å². The highest BCUT2D eigenvalue weighted by atomic mass is 35.5. The predicted molar refractivity (Wildman–Crippen MR) is 110 cm³/mol. The molecule has 8 nitrogen and oxygen atoms in total. The molecule has 1 aliphatic rings. The molecule has 1 unspecified atom stereocenters. The van der Waals surface area contributed by atoms with Gasteiger partial charge in [0.25, 0.3) is 11.8 Å². The first kappa shape index (κ1) is 22.2. The average Bonchev–Trinajstić information content (AvgIpc) is 3.06. The summed E-state index contributed by atoms with van der Waals surface area (Å²) in [6.45, 7) is 1.56. The minimum atomic E-state index is -1.26. The van der Waals surface area contributed by atoms with Gasteiger partial charge in [-0.3, -0.25) is 24.6 Å². The smallest absolute Gasteiger partial charge is 0.273 e. The number of hydrogen-bond donors (Lipinski definition) is 1. The van der Waals surface area contributed by atoms with E-state index in [1.54, 1.807) is 25.1 Å². The van der Waals surface area contributed by atoms with Gasteiger partial charge in [-0.25, -0.2) is 14.3 Å². The molecule has 10 heteroatoms. The number of para-hydroxylation sites is 1. The Hall–Kier alpha value is -3.46. The third kappa shape index (κ3) is 4.36. The van der Waals surface area contributed by atoms with Gasteiger partial charge >= 0.3 is 0 Å². The number of hydrogen-bond acceptors (Lipinski definition) is 5. The van der Waals surface area contributed by atoms with Gasteiger partial charge in [0.15, 0.2) is 0 Å². The summed E-state index contributed by atoms with van der Waals surface area (Å²) in [5.74, 6) is -3.02. The minimum absolute atomic E-state index is 0.0213. The van der Waals surface area contributed by atoms with Crippen LogP contribution in [0.25, 0.3) is 0 Å². The quantitative estimate of drug-likeness (QED) is 0.561. The summed E-state index contributed by atoms with van der Waals surface area (Å²) >= 11 is 5.77. The third-order valence-electron chi connectivity index (χ3n) is 4.74. The maximum Gasteiger partial charge on any atom is 0.273 e. The Morgan fingerprint density at radius 3 is 2.61 bits per heavy atom. The molecule has 162 valence electrons. The van der Waals surface area contributed by atoms with Crippen molar-refractivity contribution in [3.8, 4) is 5.75 Å². The number of amides is 4. The van der Waals surface area contributed by atoms with Crippen LogP contribution in [-0.4, -0.2) is 41.8 Å². The summed E-state index contributed by atoms with van der Waals surface area (Å²) in [6.07, 6.45) is -0.377. The zero-order chi connectivity index (χ0) is 22.7. The molecule has 1 fully saturated rings. The van der Waals surface area contributed by atoms with Crippen molar-refractivity contribution in [2.45, 2.75) is 25.8 Å². The normalized spacial score (nSPS) is 15.7. The summed E-state index contributed by atoms with van der Waals surface area (Å²) in [7, 11) is 1.39. The number of nitrogens with zero attached hydrogens (tertiary/aromatic N) is 2. The molecule has 4 amide bonds. The van der Waals surface area contributed by atoms with Crippen LogP contribution in [0.1, 0.15) is 30.1 Å². The van der Waals surface area contributed by atoms with Crippen molar-refractivity contribution in [2.24, 2.45) is 0 Å². The van der Waals surface area contributed by atoms with Crippen LogP contribution in [-0.2, 0) is 14.4 Å². The topological polar surface area (TPSA) is 96.0 Å². The Bertz CT molecular complexity index is 1060. The molecule has 0 aliphatic carbocycles. The van der Waals surface area contributed by atoms with Crippen molar-refractivity contribution < 1.29 is 28.3 Å². The van der Waals surface area contributed by atoms with Crippen molar-refractivity contribution in [3.63, 3.8) is 0 Å². The van der Waals surface area contributed by atoms with Crippen molar-refractivity contribution in [1.82, 2.24) is 10.4 Å². The highest BCUT2D eigenvalue weighted by molar-refractivity contribution is 6.31. The van der Waals surface area contributed by atoms with Crippen LogP contribution in [0.4, 0.5) is 10.1 Å². The third-order valence-corrected chi connectivity index (χ3v) is 5.03. The molecule has 1 heterocycles. The van der Waals surface area contributed by atoms with Gasteiger partial charge in [0, 0.05) is 6.42 Å². The summed E-state index contributed by atoms with van der Waals surface area (Å²) in [5, 5.41) is 0.604. The molecule has 0 bridgehead atoms. The van der Waals surface area contributed by atoms with E-state index in [0.29, 0.717) is 0 Å². The molecule has 2 aromatic rings. The Labute approximate surface area is 182 Å². The molecule has 1 aliphatic heterocycles. The predicted octanol–water partition coefficient (Wildman–Crippen LogP) is 2.70. The van der Waals surface area contributed by atoms with Crippen molar-refractivity contribution in [1.29, 1.82) is 0 Å². The number of imide groups is 1. The maximum atomic E-state index is 13.5. The largest absolute Gasteiger partial charge is 0.496 e. The Morgan fingerprint density at radius 1 is 1.26 bits per heavy atom. The lowest BCUT2D eigenvalue weighted by molar-refractivity contribution is -0.140. The van der Waals surface area contributed by atoms with Crippen LogP contribution in [0.3, 0.4) is 0 Å². The standard InChI is InChI=1S/C21H19ClFN3O5/c1-3-18(27)26(24-20(29)13-6-4-5-7-17(13)31-2)16-11-19(28)25(21(16)30)12-8-9-15(23)14(22)10-12/h4-10,16H,3,11H2,1-2H3,(H,24,29). The number of methoxy groups -OCH3 is 1. The van der Waals surface area contributed by atoms with Crippen LogP contribution in [0.2, 0.25) is 5.02 Å². The van der Waals surface area contributed by atoms with Gasteiger partial charge in [-0.1, -0.05) is 30.7 Å². The van der Waals surface area contributed by atoms with Gasteiger partial charge in [-0.2, -0.15) is 0 Å². The molecule has 3 rings (SSSR count). The van der Waals surface area contributed by atoms with E-state index in [9.17, 15) is 23.6 Å². The summed E-state index contributed by atoms with van der Waals surface area (Å²) in [6, 6.07) is 8.52. The number of hydrazine groups is 1. The van der Waals surface area contributed by atoms with Crippen LogP contribution >= 0.6 is 11.6 Å². The molecule has 1 atom stereocenters. The highest BCUT2D eigenvalue weighted by Gasteiger charge is 2.45. The number of carbonyl (C=O) groups is 4. The fourth-order valence-electron chi connectivity index (χ4n) is 3.20. The first-order valence-corrected chi connectivity index (χ1v) is 9.74. The molecule has 1 saturated heterocycles. The highest BCUT2D eigenvalue weighted by Crippen LogP contribution is 2.29. The molecule has 0 spiro atoms. The van der Waals surface area contributed by atoms with E-state index in [4.69, 9.17) is 16.3 Å². The molecule has 31 heavy (non-hydrogen) atoms. The van der Waals surface area contributed by atoms with Gasteiger partial charge in [0.2, 0.25) is 11.8 Å². The van der Waals surface area contributed by atoms with E-state index in [-0.39, 0.29) is 34.9 Å². The lowest BCUT2D eigenvalue weighted by atomic mass is 10.2. The second kappa shape index (κ2) is 9.13. The van der Waals surface area contributed by atoms with E-state index < -0.39 is 35.5 Å². The summed E-state index contributed by atoms with van der Waals surface area (Å²) in [4.78, 5) is 51.7. The molecule has 0 radical (unpaired) electrons. The van der Waals surface area contributed by atoms with Crippen LogP contribution in [0.15, 0.2) is 42.5 Å². The molecule has 0 aromatic heterocycles. The van der Waals surface area contributed by atoms with Gasteiger partial charge in [-0.15, -0.1) is 0 Å². The van der Waals surface area contributed by atoms with Crippen molar-refractivity contribution in [2.75, 3.05) is 12.0 Å². The Morgan fingerprint density at radius 2 is 1.97 bits per heavy atom. The molecule has 2 aromatic carbocycles. The van der Waals surface area contributed by atoms with E-state index >= 15 is 0 Å². The maximum absolute atomic E-state index is 13.5. The monoisotopic (exact) mass is 447 g/mol. The summed E-state index contributed by atoms with van der Waals surface area (Å²) in [5.41, 5.74) is 2.65. The lowest BCUT2D eigenvalue weighted by Crippen LogP contribution is -2.54. The zero-order valence-corrected chi connectivity index (χ0v) is 17.5. The number of halogens is 2. The van der Waals surface area contributed by atoms with E-state index in [0.717, 1.165) is 22.0 Å². The number of anilines is 1. The average molecular weight is 448 g/mol. The first-order valence-electron chi connectivity index (χ1n) is 9.36. The number of ether oxygens (including phenoxy) is 1. The SMILES string of the molecule is CCC(=O)N(NC(=O)c1ccccc1OC)C1CC(=O)N(c2ccc(F)c(Cl)c2)C1=O. The number of carbonyl (C=O) groups excluding carboxylic acids is 4. The second-order valence-electron chi connectivity index (χ2n) is 6.64. The first-order chi connectivity index (χ1) is 14.8. The van der Waals surface area contributed by atoms with Crippen molar-refractivity contribution >= 4 is 40.9 Å². The number of benzene rings is 2. The van der Waals surface area contributed by atoms with Crippen molar-refractivity contribution in [3.05, 3.63) is 58.9 Å². The Balaban J connectivity index is 1.90. The fourth-order valence-corrected chi connectivity index (χ4v) is 3.37. The minimum Gasteiger partial charge on any atom is -0.496 e. The fraction of sp³-hybridized carbons (Fsp3) is 0.238. The second-order valence-corrected chi connectivity index (χ2v) is 7.05. The Kier molecular flexibility index (Phi) is 6.55. The van der Waals surface area contributed by atoms with Gasteiger partial charge in [0.1, 0.15) is 17.6 Å². The lowest BCUT2D eigenvalue weighted by Gasteiger charge is -2.27. The molecule has 1 N–H and O–H groups in total. The number of nitrogens with one attached hydrogen (secondary N) is 1. The van der Waals surface area contributed by atoms with Crippen LogP contribution in [0.5, 0.6) is 5.75 Å².